The molecule has 6 nitrogen and oxygen atoms in total. The van der Waals surface area contributed by atoms with Gasteiger partial charge in [-0.3, -0.25) is 4.79 Å². The molecule has 0 unspecified atom stereocenters. The normalized spacial score (nSPS) is 19.0. The minimum absolute atomic E-state index is 0.00475. The number of carbonyl (C=O) groups is 1. The maximum absolute atomic E-state index is 12.6. The Labute approximate surface area is 181 Å². The van der Waals surface area contributed by atoms with Crippen LogP contribution in [0.25, 0.3) is 0 Å². The third-order valence-corrected chi connectivity index (χ3v) is 6.49. The quantitative estimate of drug-likeness (QED) is 0.693. The van der Waals surface area contributed by atoms with Crippen LogP contribution in [0.5, 0.6) is 0 Å². The summed E-state index contributed by atoms with van der Waals surface area (Å²) < 4.78 is 1.02. The molecule has 1 heterocycles. The zero-order chi connectivity index (χ0) is 21.1. The molecule has 2 N–H and O–H groups in total. The molecule has 0 atom stereocenters. The van der Waals surface area contributed by atoms with Crippen molar-refractivity contribution >= 4 is 33.6 Å². The van der Waals surface area contributed by atoms with Gasteiger partial charge in [-0.05, 0) is 70.2 Å². The molecule has 0 spiro atoms. The molecule has 1 aliphatic carbocycles. The monoisotopic (exact) mass is 459 g/mol. The van der Waals surface area contributed by atoms with Crippen molar-refractivity contribution in [2.24, 2.45) is 0 Å². The van der Waals surface area contributed by atoms with Crippen LogP contribution < -0.4 is 15.5 Å². The van der Waals surface area contributed by atoms with Crippen LogP contribution in [0.15, 0.2) is 22.7 Å². The first kappa shape index (κ1) is 21.6. The molecule has 1 aromatic carbocycles. The zero-order valence-electron chi connectivity index (χ0n) is 17.8. The fourth-order valence-corrected chi connectivity index (χ4v) is 3.98. The van der Waals surface area contributed by atoms with Gasteiger partial charge >= 0.3 is 0 Å². The number of hydrogen-bond acceptors (Lipinski definition) is 5. The van der Waals surface area contributed by atoms with Gasteiger partial charge in [0.15, 0.2) is 0 Å². The third kappa shape index (κ3) is 5.26. The van der Waals surface area contributed by atoms with Crippen molar-refractivity contribution < 1.29 is 4.79 Å². The van der Waals surface area contributed by atoms with E-state index in [1.54, 1.807) is 0 Å². The van der Waals surface area contributed by atoms with Gasteiger partial charge in [0.2, 0.25) is 5.95 Å². The fraction of sp³-hybridized carbons (Fsp3) is 0.500. The molecule has 3 rings (SSSR count). The minimum atomic E-state index is 0.00475. The number of hydrogen-bond donors (Lipinski definition) is 2. The van der Waals surface area contributed by atoms with Crippen LogP contribution >= 0.6 is 15.9 Å². The summed E-state index contributed by atoms with van der Waals surface area (Å²) in [6.07, 6.45) is 3.87. The lowest BCUT2D eigenvalue weighted by atomic mass is 9.91. The molecule has 29 heavy (non-hydrogen) atoms. The summed E-state index contributed by atoms with van der Waals surface area (Å²) in [6, 6.07) is 6.25. The number of anilines is 2. The van der Waals surface area contributed by atoms with E-state index in [1.807, 2.05) is 51.0 Å². The van der Waals surface area contributed by atoms with Crippen molar-refractivity contribution in [3.05, 3.63) is 45.1 Å². The Bertz CT molecular complexity index is 891. The van der Waals surface area contributed by atoms with Gasteiger partial charge in [-0.15, -0.1) is 0 Å². The molecule has 2 aromatic rings. The van der Waals surface area contributed by atoms with E-state index in [-0.39, 0.29) is 11.9 Å². The number of benzene rings is 1. The van der Waals surface area contributed by atoms with E-state index in [9.17, 15) is 4.79 Å². The first-order valence-electron chi connectivity index (χ1n) is 10.1. The van der Waals surface area contributed by atoms with Gasteiger partial charge in [0.25, 0.3) is 5.91 Å². The Morgan fingerprint density at radius 2 is 1.72 bits per heavy atom. The third-order valence-electron chi connectivity index (χ3n) is 5.60. The summed E-state index contributed by atoms with van der Waals surface area (Å²) in [5, 5.41) is 6.68. The summed E-state index contributed by atoms with van der Waals surface area (Å²) in [4.78, 5) is 23.9. The van der Waals surface area contributed by atoms with Gasteiger partial charge in [-0.25, -0.2) is 4.98 Å². The standard InChI is InChI=1S/C22H30BrN5O/c1-13-12-16(6-11-19(13)23)21(29)25-17-7-9-18(10-8-17)26-22-24-15(3)14(2)20(27-22)28(4)5/h6,11-12,17-18H,7-10H2,1-5H3,(H,25,29)(H,24,26,27). The van der Waals surface area contributed by atoms with Crippen molar-refractivity contribution in [2.75, 3.05) is 24.3 Å². The van der Waals surface area contributed by atoms with E-state index in [1.165, 1.54) is 0 Å². The number of rotatable bonds is 5. The Hall–Kier alpha value is -2.15. The summed E-state index contributed by atoms with van der Waals surface area (Å²) >= 11 is 3.48. The predicted octanol–water partition coefficient (Wildman–Crippen LogP) is 4.38. The molecule has 0 radical (unpaired) electrons. The van der Waals surface area contributed by atoms with E-state index < -0.39 is 0 Å². The number of amides is 1. The van der Waals surface area contributed by atoms with Gasteiger partial charge in [0.05, 0.1) is 0 Å². The SMILES string of the molecule is Cc1cc(C(=O)NC2CCC(Nc3nc(C)c(C)c(N(C)C)n3)CC2)ccc1Br. The number of aromatic nitrogens is 2. The van der Waals surface area contributed by atoms with Crippen LogP contribution in [0.2, 0.25) is 0 Å². The molecular formula is C22H30BrN5O. The average Bonchev–Trinajstić information content (AvgIpc) is 2.68. The molecule has 156 valence electrons. The Morgan fingerprint density at radius 3 is 2.34 bits per heavy atom. The summed E-state index contributed by atoms with van der Waals surface area (Å²) in [5.74, 6) is 1.64. The van der Waals surface area contributed by atoms with Gasteiger partial charge < -0.3 is 15.5 Å². The molecule has 1 aliphatic rings. The van der Waals surface area contributed by atoms with Gasteiger partial charge in [-0.2, -0.15) is 4.98 Å². The number of aryl methyl sites for hydroxylation is 2. The predicted molar refractivity (Wildman–Crippen MR) is 122 cm³/mol. The number of nitrogens with one attached hydrogen (secondary N) is 2. The smallest absolute Gasteiger partial charge is 0.251 e. The van der Waals surface area contributed by atoms with Crippen molar-refractivity contribution in [1.82, 2.24) is 15.3 Å². The Kier molecular flexibility index (Phi) is 6.77. The molecule has 0 bridgehead atoms. The van der Waals surface area contributed by atoms with E-state index in [4.69, 9.17) is 0 Å². The molecule has 0 saturated heterocycles. The summed E-state index contributed by atoms with van der Waals surface area (Å²) in [7, 11) is 4.00. The largest absolute Gasteiger partial charge is 0.362 e. The van der Waals surface area contributed by atoms with Crippen molar-refractivity contribution in [3.8, 4) is 0 Å². The number of halogens is 1. The van der Waals surface area contributed by atoms with Crippen molar-refractivity contribution in [3.63, 3.8) is 0 Å². The fourth-order valence-electron chi connectivity index (χ4n) is 3.73. The number of nitrogens with zero attached hydrogens (tertiary/aromatic N) is 3. The molecule has 0 aliphatic heterocycles. The van der Waals surface area contributed by atoms with Crippen molar-refractivity contribution in [1.29, 1.82) is 0 Å². The average molecular weight is 460 g/mol. The highest BCUT2D eigenvalue weighted by molar-refractivity contribution is 9.10. The van der Waals surface area contributed by atoms with Crippen LogP contribution in [0.3, 0.4) is 0 Å². The minimum Gasteiger partial charge on any atom is -0.362 e. The van der Waals surface area contributed by atoms with Crippen LogP contribution in [0.1, 0.15) is 52.9 Å². The second kappa shape index (κ2) is 9.11. The summed E-state index contributed by atoms with van der Waals surface area (Å²) in [6.45, 7) is 6.06. The molecule has 1 amide bonds. The van der Waals surface area contributed by atoms with Gasteiger partial charge in [-0.1, -0.05) is 15.9 Å². The summed E-state index contributed by atoms with van der Waals surface area (Å²) in [5.41, 5.74) is 3.88. The van der Waals surface area contributed by atoms with Crippen LogP contribution in [-0.2, 0) is 0 Å². The van der Waals surface area contributed by atoms with Gasteiger partial charge in [0, 0.05) is 47.5 Å². The van der Waals surface area contributed by atoms with Crippen molar-refractivity contribution in [2.45, 2.75) is 58.5 Å². The second-order valence-corrected chi connectivity index (χ2v) is 8.96. The van der Waals surface area contributed by atoms with Crippen LogP contribution in [-0.4, -0.2) is 42.1 Å². The van der Waals surface area contributed by atoms with Crippen LogP contribution in [0.4, 0.5) is 11.8 Å². The zero-order valence-corrected chi connectivity index (χ0v) is 19.4. The molecular weight excluding hydrogens is 430 g/mol. The Morgan fingerprint density at radius 1 is 1.07 bits per heavy atom. The first-order chi connectivity index (χ1) is 13.7. The highest BCUT2D eigenvalue weighted by atomic mass is 79.9. The number of carbonyl (C=O) groups excluding carboxylic acids is 1. The molecule has 1 aromatic heterocycles. The Balaban J connectivity index is 1.55. The lowest BCUT2D eigenvalue weighted by Gasteiger charge is -2.30. The first-order valence-corrected chi connectivity index (χ1v) is 10.9. The maximum atomic E-state index is 12.6. The van der Waals surface area contributed by atoms with E-state index in [0.29, 0.717) is 17.6 Å². The maximum Gasteiger partial charge on any atom is 0.251 e. The lowest BCUT2D eigenvalue weighted by molar-refractivity contribution is 0.0926. The molecule has 1 saturated carbocycles. The van der Waals surface area contributed by atoms with Gasteiger partial charge in [0.1, 0.15) is 5.82 Å². The lowest BCUT2D eigenvalue weighted by Crippen LogP contribution is -2.40. The molecule has 7 heteroatoms. The highest BCUT2D eigenvalue weighted by Gasteiger charge is 2.24. The second-order valence-electron chi connectivity index (χ2n) is 8.11. The highest BCUT2D eigenvalue weighted by Crippen LogP contribution is 2.24. The van der Waals surface area contributed by atoms with E-state index in [2.05, 4.69) is 43.5 Å². The van der Waals surface area contributed by atoms with Crippen LogP contribution in [0, 0.1) is 20.8 Å². The van der Waals surface area contributed by atoms with E-state index >= 15 is 0 Å². The topological polar surface area (TPSA) is 70.2 Å². The van der Waals surface area contributed by atoms with E-state index in [0.717, 1.165) is 52.8 Å². The molecule has 1 fully saturated rings.